The van der Waals surface area contributed by atoms with Gasteiger partial charge in [0, 0.05) is 34.6 Å². The molecule has 1 aliphatic carbocycles. The van der Waals surface area contributed by atoms with Gasteiger partial charge in [0.05, 0.1) is 10.9 Å². The van der Waals surface area contributed by atoms with Gasteiger partial charge in [-0.15, -0.1) is 0 Å². The van der Waals surface area contributed by atoms with Crippen molar-refractivity contribution < 1.29 is 48.0 Å². The third-order valence-electron chi connectivity index (χ3n) is 4.04. The van der Waals surface area contributed by atoms with Gasteiger partial charge in [-0.05, 0) is 0 Å². The first-order valence-corrected chi connectivity index (χ1v) is 9.49. The number of hydrogen-bond acceptors (Lipinski definition) is 10. The molecule has 29 heavy (non-hydrogen) atoms. The summed E-state index contributed by atoms with van der Waals surface area (Å²) in [5.41, 5.74) is -2.15. The third-order valence-corrected chi connectivity index (χ3v) is 5.40. The van der Waals surface area contributed by atoms with Crippen LogP contribution in [0.4, 0.5) is 0 Å². The van der Waals surface area contributed by atoms with E-state index in [1.807, 2.05) is 0 Å². The average molecular weight is 482 g/mol. The molecule has 0 saturated heterocycles. The van der Waals surface area contributed by atoms with Crippen LogP contribution in [0.2, 0.25) is 0 Å². The van der Waals surface area contributed by atoms with Crippen LogP contribution in [0.1, 0.15) is 34.6 Å². The van der Waals surface area contributed by atoms with Gasteiger partial charge in [0.25, 0.3) is 0 Å². The standard InChI is InChI=1S/C17H24BrNO10/c1-7(20)19-12-13(27-9(3)22)14(28-10(4)23)16(29-11(5)24)17(25,15(12)18)6-26-8(2)21/h12-16,25H,6H2,1-5H3,(H,19,20)/t12-,13+,14-,15+,16+,17-/m1/s1. The number of rotatable bonds is 6. The van der Waals surface area contributed by atoms with E-state index in [0.717, 1.165) is 27.7 Å². The fraction of sp³-hybridized carbons (Fsp3) is 0.706. The van der Waals surface area contributed by atoms with Crippen LogP contribution in [0.3, 0.4) is 0 Å². The van der Waals surface area contributed by atoms with Gasteiger partial charge in [0.1, 0.15) is 6.61 Å². The quantitative estimate of drug-likeness (QED) is 0.284. The van der Waals surface area contributed by atoms with Gasteiger partial charge in [-0.25, -0.2) is 0 Å². The van der Waals surface area contributed by atoms with Crippen molar-refractivity contribution >= 4 is 45.7 Å². The number of carbonyl (C=O) groups is 5. The smallest absolute Gasteiger partial charge is 0.303 e. The lowest BCUT2D eigenvalue weighted by atomic mass is 9.75. The van der Waals surface area contributed by atoms with Crippen molar-refractivity contribution in [3.63, 3.8) is 0 Å². The number of nitrogens with one attached hydrogen (secondary N) is 1. The SMILES string of the molecule is CC(=O)N[C@@H]1[C@H](OC(C)=O)[C@@H](OC(C)=O)[C@H](OC(C)=O)[C@@](O)(COC(C)=O)[C@H]1Br. The molecule has 1 aliphatic rings. The second-order valence-electron chi connectivity index (χ2n) is 6.58. The maximum atomic E-state index is 11.7. The van der Waals surface area contributed by atoms with Gasteiger partial charge in [0.15, 0.2) is 23.9 Å². The highest BCUT2D eigenvalue weighted by atomic mass is 79.9. The zero-order chi connectivity index (χ0) is 22.5. The lowest BCUT2D eigenvalue weighted by molar-refractivity contribution is -0.235. The van der Waals surface area contributed by atoms with Gasteiger partial charge >= 0.3 is 23.9 Å². The predicted octanol–water partition coefficient (Wildman–Crippen LogP) is -0.642. The van der Waals surface area contributed by atoms with Crippen molar-refractivity contribution in [2.75, 3.05) is 6.61 Å². The number of ether oxygens (including phenoxy) is 4. The summed E-state index contributed by atoms with van der Waals surface area (Å²) in [5.74, 6) is -3.71. The Morgan fingerprint density at radius 1 is 0.862 bits per heavy atom. The summed E-state index contributed by atoms with van der Waals surface area (Å²) in [5, 5.41) is 13.8. The van der Waals surface area contributed by atoms with E-state index >= 15 is 0 Å². The second kappa shape index (κ2) is 10.0. The van der Waals surface area contributed by atoms with Crippen LogP contribution in [-0.2, 0) is 42.9 Å². The van der Waals surface area contributed by atoms with E-state index in [0.29, 0.717) is 0 Å². The molecule has 1 rings (SSSR count). The first kappa shape index (κ1) is 24.8. The molecule has 0 aromatic heterocycles. The van der Waals surface area contributed by atoms with E-state index < -0.39 is 71.2 Å². The highest BCUT2D eigenvalue weighted by Crippen LogP contribution is 2.40. The van der Waals surface area contributed by atoms with Gasteiger partial charge in [-0.2, -0.15) is 0 Å². The van der Waals surface area contributed by atoms with Crippen molar-refractivity contribution in [3.8, 4) is 0 Å². The summed E-state index contributed by atoms with van der Waals surface area (Å²) >= 11 is 3.23. The molecule has 12 heteroatoms. The first-order chi connectivity index (χ1) is 13.3. The maximum Gasteiger partial charge on any atom is 0.303 e. The summed E-state index contributed by atoms with van der Waals surface area (Å²) in [4.78, 5) is 56.9. The normalized spacial score (nSPS) is 31.2. The van der Waals surface area contributed by atoms with E-state index in [1.54, 1.807) is 0 Å². The third kappa shape index (κ3) is 6.39. The number of alkyl halides is 1. The molecule has 0 aliphatic heterocycles. The first-order valence-electron chi connectivity index (χ1n) is 8.58. The Bertz CT molecular complexity index is 683. The number of hydrogen-bond donors (Lipinski definition) is 2. The van der Waals surface area contributed by atoms with Crippen LogP contribution in [-0.4, -0.2) is 76.3 Å². The minimum absolute atomic E-state index is 0.543. The van der Waals surface area contributed by atoms with Gasteiger partial charge in [-0.3, -0.25) is 24.0 Å². The van der Waals surface area contributed by atoms with Crippen LogP contribution in [0.5, 0.6) is 0 Å². The molecule has 2 N–H and O–H groups in total. The highest BCUT2D eigenvalue weighted by Gasteiger charge is 2.63. The van der Waals surface area contributed by atoms with Crippen molar-refractivity contribution in [3.05, 3.63) is 0 Å². The molecule has 0 unspecified atom stereocenters. The number of aliphatic hydroxyl groups is 1. The van der Waals surface area contributed by atoms with Crippen molar-refractivity contribution in [1.29, 1.82) is 0 Å². The molecule has 1 fully saturated rings. The second-order valence-corrected chi connectivity index (χ2v) is 7.56. The van der Waals surface area contributed by atoms with E-state index in [-0.39, 0.29) is 0 Å². The Labute approximate surface area is 175 Å². The lowest BCUT2D eigenvalue weighted by Gasteiger charge is -2.51. The molecule has 1 saturated carbocycles. The predicted molar refractivity (Wildman–Crippen MR) is 98.6 cm³/mol. The number of esters is 4. The maximum absolute atomic E-state index is 11.7. The summed E-state index contributed by atoms with van der Waals surface area (Å²) in [6.07, 6.45) is -4.43. The minimum atomic E-state index is -2.15. The molecule has 0 radical (unpaired) electrons. The number of halogens is 1. The molecule has 0 heterocycles. The van der Waals surface area contributed by atoms with E-state index in [9.17, 15) is 29.1 Å². The van der Waals surface area contributed by atoms with Crippen LogP contribution >= 0.6 is 15.9 Å². The molecule has 1 amide bonds. The topological polar surface area (TPSA) is 155 Å². The van der Waals surface area contributed by atoms with Crippen molar-refractivity contribution in [2.45, 2.75) is 69.4 Å². The Hall–Kier alpha value is -2.21. The summed E-state index contributed by atoms with van der Waals surface area (Å²) in [6, 6.07) is -1.13. The van der Waals surface area contributed by atoms with Crippen molar-refractivity contribution in [2.24, 2.45) is 0 Å². The molecule has 0 bridgehead atoms. The highest BCUT2D eigenvalue weighted by molar-refractivity contribution is 9.09. The number of amides is 1. The molecule has 0 aromatic rings. The van der Waals surface area contributed by atoms with E-state index in [1.165, 1.54) is 6.92 Å². The molecule has 11 nitrogen and oxygen atoms in total. The molecule has 164 valence electrons. The summed E-state index contributed by atoms with van der Waals surface area (Å²) in [6.45, 7) is 4.84. The van der Waals surface area contributed by atoms with Gasteiger partial charge in [0.2, 0.25) is 5.91 Å². The minimum Gasteiger partial charge on any atom is -0.463 e. The van der Waals surface area contributed by atoms with Gasteiger partial charge < -0.3 is 29.4 Å². The zero-order valence-electron chi connectivity index (χ0n) is 16.6. The van der Waals surface area contributed by atoms with Crippen LogP contribution in [0.15, 0.2) is 0 Å². The molecule has 6 atom stereocenters. The number of carbonyl (C=O) groups excluding carboxylic acids is 5. The lowest BCUT2D eigenvalue weighted by Crippen LogP contribution is -2.75. The molecule has 0 spiro atoms. The molecule has 0 aromatic carbocycles. The Morgan fingerprint density at radius 2 is 1.34 bits per heavy atom. The van der Waals surface area contributed by atoms with Crippen molar-refractivity contribution in [1.82, 2.24) is 5.32 Å². The molecular formula is C17H24BrNO10. The monoisotopic (exact) mass is 481 g/mol. The zero-order valence-corrected chi connectivity index (χ0v) is 18.2. The van der Waals surface area contributed by atoms with E-state index in [4.69, 9.17) is 18.9 Å². The summed E-state index contributed by atoms with van der Waals surface area (Å²) in [7, 11) is 0. The molecular weight excluding hydrogens is 458 g/mol. The average Bonchev–Trinajstić information content (AvgIpc) is 2.56. The Balaban J connectivity index is 3.58. The van der Waals surface area contributed by atoms with Crippen LogP contribution in [0, 0.1) is 0 Å². The largest absolute Gasteiger partial charge is 0.463 e. The van der Waals surface area contributed by atoms with E-state index in [2.05, 4.69) is 21.2 Å². The van der Waals surface area contributed by atoms with Crippen LogP contribution < -0.4 is 5.32 Å². The summed E-state index contributed by atoms with van der Waals surface area (Å²) < 4.78 is 20.6. The Morgan fingerprint density at radius 3 is 1.76 bits per heavy atom. The fourth-order valence-electron chi connectivity index (χ4n) is 3.06. The Kier molecular flexibility index (Phi) is 8.57. The fourth-order valence-corrected chi connectivity index (χ4v) is 3.89. The van der Waals surface area contributed by atoms with Gasteiger partial charge in [-0.1, -0.05) is 15.9 Å². The van der Waals surface area contributed by atoms with Crippen LogP contribution in [0.25, 0.3) is 0 Å².